The van der Waals surface area contributed by atoms with Gasteiger partial charge in [0.2, 0.25) is 0 Å². The van der Waals surface area contributed by atoms with Gasteiger partial charge in [-0.2, -0.15) is 0 Å². The zero-order valence-corrected chi connectivity index (χ0v) is 13.3. The molecule has 0 radical (unpaired) electrons. The maximum Gasteiger partial charge on any atom is 0.124 e. The summed E-state index contributed by atoms with van der Waals surface area (Å²) in [5.74, 6) is 0.988. The molecule has 0 spiro atoms. The maximum atomic E-state index is 5.74. The molecule has 1 heterocycles. The molecule has 2 aromatic carbocycles. The summed E-state index contributed by atoms with van der Waals surface area (Å²) in [6, 6.07) is 13.0. The summed E-state index contributed by atoms with van der Waals surface area (Å²) >= 11 is 3.55. The Morgan fingerprint density at radius 1 is 1.15 bits per heavy atom. The molecule has 20 heavy (non-hydrogen) atoms. The van der Waals surface area contributed by atoms with Gasteiger partial charge in [-0.1, -0.05) is 28.1 Å². The molecule has 0 amide bonds. The molecule has 0 saturated carbocycles. The summed E-state index contributed by atoms with van der Waals surface area (Å²) in [6.07, 6.45) is 0.983. The van der Waals surface area contributed by atoms with Crippen LogP contribution in [0.5, 0.6) is 5.75 Å². The highest BCUT2D eigenvalue weighted by molar-refractivity contribution is 9.10. The predicted octanol–water partition coefficient (Wildman–Crippen LogP) is 5.00. The smallest absolute Gasteiger partial charge is 0.124 e. The summed E-state index contributed by atoms with van der Waals surface area (Å²) in [5, 5.41) is 3.67. The lowest BCUT2D eigenvalue weighted by molar-refractivity contribution is 0.274. The van der Waals surface area contributed by atoms with Crippen molar-refractivity contribution in [2.24, 2.45) is 0 Å². The van der Waals surface area contributed by atoms with E-state index in [2.05, 4.69) is 59.4 Å². The summed E-state index contributed by atoms with van der Waals surface area (Å²) in [4.78, 5) is 0. The Morgan fingerprint density at radius 2 is 2.00 bits per heavy atom. The van der Waals surface area contributed by atoms with Crippen LogP contribution in [0.3, 0.4) is 0 Å². The fourth-order valence-corrected chi connectivity index (χ4v) is 2.97. The Labute approximate surface area is 128 Å². The molecule has 0 aromatic heterocycles. The molecule has 2 aromatic rings. The van der Waals surface area contributed by atoms with Gasteiger partial charge in [-0.15, -0.1) is 0 Å². The summed E-state index contributed by atoms with van der Waals surface area (Å²) in [5.41, 5.74) is 4.99. The number of rotatable bonds is 2. The number of aryl methyl sites for hydroxylation is 2. The van der Waals surface area contributed by atoms with Crippen molar-refractivity contribution in [1.82, 2.24) is 0 Å². The SMILES string of the molecule is Cc1ccc(C)c(NC2CCOc3ccc(Br)cc32)c1. The second-order valence-electron chi connectivity index (χ2n) is 5.33. The number of hydrogen-bond donors (Lipinski definition) is 1. The Kier molecular flexibility index (Phi) is 3.70. The molecule has 1 atom stereocenters. The van der Waals surface area contributed by atoms with E-state index >= 15 is 0 Å². The minimum atomic E-state index is 0.303. The highest BCUT2D eigenvalue weighted by Gasteiger charge is 2.22. The van der Waals surface area contributed by atoms with Gasteiger partial charge in [-0.3, -0.25) is 0 Å². The lowest BCUT2D eigenvalue weighted by Crippen LogP contribution is -2.20. The van der Waals surface area contributed by atoms with Crippen LogP contribution >= 0.6 is 15.9 Å². The molecular formula is C17H18BrNO. The number of ether oxygens (including phenoxy) is 1. The molecule has 0 fully saturated rings. The van der Waals surface area contributed by atoms with E-state index in [1.807, 2.05) is 12.1 Å². The van der Waals surface area contributed by atoms with Crippen molar-refractivity contribution in [2.45, 2.75) is 26.3 Å². The van der Waals surface area contributed by atoms with Gasteiger partial charge in [0.1, 0.15) is 5.75 Å². The third kappa shape index (κ3) is 2.68. The number of hydrogen-bond acceptors (Lipinski definition) is 2. The van der Waals surface area contributed by atoms with Gasteiger partial charge < -0.3 is 10.1 Å². The van der Waals surface area contributed by atoms with Crippen molar-refractivity contribution >= 4 is 21.6 Å². The van der Waals surface area contributed by atoms with Crippen molar-refractivity contribution in [1.29, 1.82) is 0 Å². The fraction of sp³-hybridized carbons (Fsp3) is 0.294. The predicted molar refractivity (Wildman–Crippen MR) is 86.5 cm³/mol. The topological polar surface area (TPSA) is 21.3 Å². The summed E-state index contributed by atoms with van der Waals surface area (Å²) in [7, 11) is 0. The molecule has 1 N–H and O–H groups in total. The number of halogens is 1. The minimum Gasteiger partial charge on any atom is -0.493 e. The molecule has 1 aliphatic rings. The van der Waals surface area contributed by atoms with Crippen molar-refractivity contribution in [3.8, 4) is 5.75 Å². The quantitative estimate of drug-likeness (QED) is 0.835. The van der Waals surface area contributed by atoms with Gasteiger partial charge in [0.05, 0.1) is 12.6 Å². The molecule has 0 aliphatic carbocycles. The van der Waals surface area contributed by atoms with Crippen LogP contribution in [0.25, 0.3) is 0 Å². The first-order valence-electron chi connectivity index (χ1n) is 6.89. The van der Waals surface area contributed by atoms with Crippen molar-refractivity contribution in [3.05, 3.63) is 57.6 Å². The Balaban J connectivity index is 1.93. The van der Waals surface area contributed by atoms with E-state index in [0.29, 0.717) is 6.04 Å². The number of anilines is 1. The van der Waals surface area contributed by atoms with Crippen molar-refractivity contribution < 1.29 is 4.74 Å². The molecule has 3 rings (SSSR count). The molecule has 1 unspecified atom stereocenters. The van der Waals surface area contributed by atoms with E-state index in [9.17, 15) is 0 Å². The molecule has 0 bridgehead atoms. The number of fused-ring (bicyclic) bond motifs is 1. The highest BCUT2D eigenvalue weighted by atomic mass is 79.9. The van der Waals surface area contributed by atoms with Crippen molar-refractivity contribution in [3.63, 3.8) is 0 Å². The molecule has 2 nitrogen and oxygen atoms in total. The second kappa shape index (κ2) is 5.49. The second-order valence-corrected chi connectivity index (χ2v) is 6.25. The molecule has 104 valence electrons. The first-order chi connectivity index (χ1) is 9.63. The van der Waals surface area contributed by atoms with Crippen LogP contribution in [0.15, 0.2) is 40.9 Å². The van der Waals surface area contributed by atoms with E-state index in [4.69, 9.17) is 4.74 Å². The normalized spacial score (nSPS) is 17.2. The van der Waals surface area contributed by atoms with Crippen LogP contribution in [0.1, 0.15) is 29.2 Å². The van der Waals surface area contributed by atoms with E-state index in [1.165, 1.54) is 22.4 Å². The van der Waals surface area contributed by atoms with Gasteiger partial charge in [-0.05, 0) is 49.2 Å². The van der Waals surface area contributed by atoms with Gasteiger partial charge in [-0.25, -0.2) is 0 Å². The van der Waals surface area contributed by atoms with Gasteiger partial charge >= 0.3 is 0 Å². The van der Waals surface area contributed by atoms with E-state index in [-0.39, 0.29) is 0 Å². The summed E-state index contributed by atoms with van der Waals surface area (Å²) in [6.45, 7) is 5.03. The Bertz CT molecular complexity index is 639. The van der Waals surface area contributed by atoms with E-state index in [0.717, 1.165) is 23.2 Å². The zero-order valence-electron chi connectivity index (χ0n) is 11.7. The summed E-state index contributed by atoms with van der Waals surface area (Å²) < 4.78 is 6.83. The monoisotopic (exact) mass is 331 g/mol. The van der Waals surface area contributed by atoms with E-state index in [1.54, 1.807) is 0 Å². The van der Waals surface area contributed by atoms with Crippen LogP contribution in [0.4, 0.5) is 5.69 Å². The van der Waals surface area contributed by atoms with Gasteiger partial charge in [0.25, 0.3) is 0 Å². The van der Waals surface area contributed by atoms with Gasteiger partial charge in [0, 0.05) is 22.1 Å². The lowest BCUT2D eigenvalue weighted by Gasteiger charge is -2.28. The molecule has 3 heteroatoms. The number of nitrogens with one attached hydrogen (secondary N) is 1. The lowest BCUT2D eigenvalue weighted by atomic mass is 9.99. The zero-order chi connectivity index (χ0) is 14.1. The average molecular weight is 332 g/mol. The number of benzene rings is 2. The first-order valence-corrected chi connectivity index (χ1v) is 7.69. The molecule has 1 aliphatic heterocycles. The van der Waals surface area contributed by atoms with Crippen molar-refractivity contribution in [2.75, 3.05) is 11.9 Å². The van der Waals surface area contributed by atoms with Crippen LogP contribution in [-0.4, -0.2) is 6.61 Å². The maximum absolute atomic E-state index is 5.74. The standard InChI is InChI=1S/C17H18BrNO/c1-11-3-4-12(2)16(9-11)19-15-7-8-20-17-6-5-13(18)10-14(15)17/h3-6,9-10,15,19H,7-8H2,1-2H3. The van der Waals surface area contributed by atoms with Crippen LogP contribution in [-0.2, 0) is 0 Å². The highest BCUT2D eigenvalue weighted by Crippen LogP contribution is 2.36. The van der Waals surface area contributed by atoms with Gasteiger partial charge in [0.15, 0.2) is 0 Å². The fourth-order valence-electron chi connectivity index (χ4n) is 2.59. The van der Waals surface area contributed by atoms with E-state index < -0.39 is 0 Å². The Morgan fingerprint density at radius 3 is 2.85 bits per heavy atom. The largest absolute Gasteiger partial charge is 0.493 e. The van der Waals surface area contributed by atoms with Crippen LogP contribution < -0.4 is 10.1 Å². The minimum absolute atomic E-state index is 0.303. The molecular weight excluding hydrogens is 314 g/mol. The average Bonchev–Trinajstić information content (AvgIpc) is 2.43. The Hall–Kier alpha value is -1.48. The first kappa shape index (κ1) is 13.5. The third-order valence-electron chi connectivity index (χ3n) is 3.73. The third-order valence-corrected chi connectivity index (χ3v) is 4.23. The van der Waals surface area contributed by atoms with Crippen LogP contribution in [0.2, 0.25) is 0 Å². The van der Waals surface area contributed by atoms with Crippen LogP contribution in [0, 0.1) is 13.8 Å². The molecule has 0 saturated heterocycles.